The van der Waals surface area contributed by atoms with Gasteiger partial charge in [0.15, 0.2) is 11.4 Å². The Morgan fingerprint density at radius 1 is 1.47 bits per heavy atom. The molecular weight excluding hydrogens is 220 g/mol. The van der Waals surface area contributed by atoms with Gasteiger partial charge in [0.25, 0.3) is 0 Å². The minimum absolute atomic E-state index is 0.0461. The molecule has 6 heteroatoms. The fourth-order valence-corrected chi connectivity index (χ4v) is 1.55. The number of aromatic hydroxyl groups is 1. The molecule has 17 heavy (non-hydrogen) atoms. The Labute approximate surface area is 97.4 Å². The lowest BCUT2D eigenvalue weighted by atomic mass is 10.1. The summed E-state index contributed by atoms with van der Waals surface area (Å²) in [5.74, 6) is -0.161. The van der Waals surface area contributed by atoms with Gasteiger partial charge in [-0.25, -0.2) is 4.98 Å². The van der Waals surface area contributed by atoms with Crippen LogP contribution in [-0.4, -0.2) is 25.0 Å². The summed E-state index contributed by atoms with van der Waals surface area (Å²) in [4.78, 5) is 4.01. The third-order valence-corrected chi connectivity index (χ3v) is 2.47. The van der Waals surface area contributed by atoms with Crippen LogP contribution >= 0.6 is 0 Å². The number of aromatic nitrogens is 3. The normalized spacial score (nSPS) is 10.2. The quantitative estimate of drug-likeness (QED) is 0.785. The van der Waals surface area contributed by atoms with Crippen molar-refractivity contribution in [3.05, 3.63) is 29.7 Å². The first-order valence-electron chi connectivity index (χ1n) is 4.89. The topological polar surface area (TPSA) is 95.0 Å². The predicted molar refractivity (Wildman–Crippen MR) is 58.7 cm³/mol. The molecular formula is C11H10N4O2. The van der Waals surface area contributed by atoms with Crippen molar-refractivity contribution in [2.45, 2.75) is 6.61 Å². The number of aliphatic hydroxyl groups excluding tert-OH is 1. The van der Waals surface area contributed by atoms with E-state index < -0.39 is 0 Å². The summed E-state index contributed by atoms with van der Waals surface area (Å²) in [7, 11) is 1.71. The van der Waals surface area contributed by atoms with Gasteiger partial charge in [-0.3, -0.25) is 4.68 Å². The van der Waals surface area contributed by atoms with Crippen molar-refractivity contribution < 1.29 is 10.2 Å². The summed E-state index contributed by atoms with van der Waals surface area (Å²) in [5, 5.41) is 31.4. The van der Waals surface area contributed by atoms with E-state index in [0.717, 1.165) is 0 Å². The van der Waals surface area contributed by atoms with Crippen molar-refractivity contribution >= 4 is 0 Å². The fraction of sp³-hybridized carbons (Fsp3) is 0.182. The molecule has 86 valence electrons. The van der Waals surface area contributed by atoms with Crippen LogP contribution in [0.5, 0.6) is 5.75 Å². The standard InChI is InChI=1S/C11H10N4O2/c1-15-10(6-16)7(5-13-15)8-2-3-11(17)9(4-12)14-8/h2-3,5,16-17H,6H2,1H3. The lowest BCUT2D eigenvalue weighted by molar-refractivity contribution is 0.271. The minimum atomic E-state index is -0.170. The number of rotatable bonds is 2. The molecule has 0 aliphatic rings. The van der Waals surface area contributed by atoms with E-state index in [-0.39, 0.29) is 18.1 Å². The van der Waals surface area contributed by atoms with Gasteiger partial charge in [-0.2, -0.15) is 10.4 Å². The summed E-state index contributed by atoms with van der Waals surface area (Å²) in [6.07, 6.45) is 1.56. The molecule has 0 aliphatic carbocycles. The zero-order valence-corrected chi connectivity index (χ0v) is 9.12. The number of hydrogen-bond donors (Lipinski definition) is 2. The molecule has 6 nitrogen and oxygen atoms in total. The van der Waals surface area contributed by atoms with E-state index in [4.69, 9.17) is 5.26 Å². The monoisotopic (exact) mass is 230 g/mol. The van der Waals surface area contributed by atoms with Crippen molar-refractivity contribution in [2.75, 3.05) is 0 Å². The number of aliphatic hydroxyl groups is 1. The Morgan fingerprint density at radius 3 is 2.88 bits per heavy atom. The second kappa shape index (κ2) is 4.23. The first-order valence-corrected chi connectivity index (χ1v) is 4.89. The van der Waals surface area contributed by atoms with Crippen LogP contribution in [-0.2, 0) is 13.7 Å². The van der Waals surface area contributed by atoms with E-state index in [9.17, 15) is 10.2 Å². The molecule has 0 fully saturated rings. The molecule has 0 saturated carbocycles. The first kappa shape index (κ1) is 11.1. The molecule has 0 saturated heterocycles. The molecule has 2 N–H and O–H groups in total. The van der Waals surface area contributed by atoms with Crippen LogP contribution in [0.2, 0.25) is 0 Å². The van der Waals surface area contributed by atoms with E-state index in [0.29, 0.717) is 17.0 Å². The molecule has 0 spiro atoms. The van der Waals surface area contributed by atoms with Gasteiger partial charge in [0.1, 0.15) is 6.07 Å². The summed E-state index contributed by atoms with van der Waals surface area (Å²) in [6, 6.07) is 4.77. The van der Waals surface area contributed by atoms with Crippen LogP contribution in [0.15, 0.2) is 18.3 Å². The number of nitrogens with zero attached hydrogens (tertiary/aromatic N) is 4. The molecule has 2 heterocycles. The van der Waals surface area contributed by atoms with Crippen LogP contribution < -0.4 is 0 Å². The van der Waals surface area contributed by atoms with Gasteiger partial charge in [0.2, 0.25) is 0 Å². The van der Waals surface area contributed by atoms with Gasteiger partial charge in [-0.1, -0.05) is 0 Å². The zero-order chi connectivity index (χ0) is 12.4. The summed E-state index contributed by atoms with van der Waals surface area (Å²) >= 11 is 0. The van der Waals surface area contributed by atoms with Crippen molar-refractivity contribution in [1.29, 1.82) is 5.26 Å². The maximum Gasteiger partial charge on any atom is 0.182 e. The maximum atomic E-state index is 9.36. The van der Waals surface area contributed by atoms with E-state index in [2.05, 4.69) is 10.1 Å². The van der Waals surface area contributed by atoms with Crippen molar-refractivity contribution in [2.24, 2.45) is 7.05 Å². The SMILES string of the molecule is Cn1ncc(-c2ccc(O)c(C#N)n2)c1CO. The van der Waals surface area contributed by atoms with Crippen molar-refractivity contribution in [3.8, 4) is 23.1 Å². The number of hydrogen-bond acceptors (Lipinski definition) is 5. The molecule has 0 aromatic carbocycles. The fourth-order valence-electron chi connectivity index (χ4n) is 1.55. The predicted octanol–water partition coefficient (Wildman–Crippen LogP) is 0.552. The van der Waals surface area contributed by atoms with Crippen molar-refractivity contribution in [1.82, 2.24) is 14.8 Å². The second-order valence-electron chi connectivity index (χ2n) is 3.46. The van der Waals surface area contributed by atoms with Crippen LogP contribution in [0.3, 0.4) is 0 Å². The third kappa shape index (κ3) is 1.84. The van der Waals surface area contributed by atoms with Gasteiger partial charge in [0.05, 0.1) is 24.2 Å². The van der Waals surface area contributed by atoms with Gasteiger partial charge >= 0.3 is 0 Å². The van der Waals surface area contributed by atoms with Gasteiger partial charge in [-0.15, -0.1) is 0 Å². The molecule has 0 atom stereocenters. The highest BCUT2D eigenvalue weighted by atomic mass is 16.3. The maximum absolute atomic E-state index is 9.36. The Morgan fingerprint density at radius 2 is 2.24 bits per heavy atom. The molecule has 2 rings (SSSR count). The lowest BCUT2D eigenvalue weighted by Gasteiger charge is -2.03. The molecule has 0 amide bonds. The highest BCUT2D eigenvalue weighted by Crippen LogP contribution is 2.24. The van der Waals surface area contributed by atoms with Gasteiger partial charge < -0.3 is 10.2 Å². The second-order valence-corrected chi connectivity index (χ2v) is 3.46. The number of pyridine rings is 1. The average Bonchev–Trinajstić information content (AvgIpc) is 2.71. The minimum Gasteiger partial charge on any atom is -0.505 e. The van der Waals surface area contributed by atoms with E-state index in [1.54, 1.807) is 25.4 Å². The van der Waals surface area contributed by atoms with Gasteiger partial charge in [-0.05, 0) is 12.1 Å². The number of nitriles is 1. The molecule has 0 radical (unpaired) electrons. The summed E-state index contributed by atoms with van der Waals surface area (Å²) in [5.41, 5.74) is 1.70. The van der Waals surface area contributed by atoms with E-state index in [1.807, 2.05) is 0 Å². The van der Waals surface area contributed by atoms with Crippen LogP contribution in [0.4, 0.5) is 0 Å². The molecule has 2 aromatic rings. The van der Waals surface area contributed by atoms with Crippen LogP contribution in [0, 0.1) is 11.3 Å². The molecule has 0 aliphatic heterocycles. The Hall–Kier alpha value is -2.39. The lowest BCUT2D eigenvalue weighted by Crippen LogP contribution is -1.99. The Balaban J connectivity index is 2.57. The molecule has 0 bridgehead atoms. The first-order chi connectivity index (χ1) is 8.17. The molecule has 0 unspecified atom stereocenters. The highest BCUT2D eigenvalue weighted by Gasteiger charge is 2.12. The Kier molecular flexibility index (Phi) is 2.77. The van der Waals surface area contributed by atoms with Gasteiger partial charge in [0, 0.05) is 12.6 Å². The van der Waals surface area contributed by atoms with Crippen LogP contribution in [0.25, 0.3) is 11.3 Å². The molecule has 2 aromatic heterocycles. The number of aryl methyl sites for hydroxylation is 1. The van der Waals surface area contributed by atoms with Crippen LogP contribution in [0.1, 0.15) is 11.4 Å². The Bertz CT molecular complexity index is 598. The van der Waals surface area contributed by atoms with E-state index in [1.165, 1.54) is 10.7 Å². The third-order valence-electron chi connectivity index (χ3n) is 2.47. The summed E-state index contributed by atoms with van der Waals surface area (Å²) < 4.78 is 1.54. The zero-order valence-electron chi connectivity index (χ0n) is 9.12. The highest BCUT2D eigenvalue weighted by molar-refractivity contribution is 5.63. The van der Waals surface area contributed by atoms with Crippen molar-refractivity contribution in [3.63, 3.8) is 0 Å². The smallest absolute Gasteiger partial charge is 0.182 e. The average molecular weight is 230 g/mol. The largest absolute Gasteiger partial charge is 0.505 e. The summed E-state index contributed by atoms with van der Waals surface area (Å²) in [6.45, 7) is -0.170. The van der Waals surface area contributed by atoms with E-state index >= 15 is 0 Å².